The summed E-state index contributed by atoms with van der Waals surface area (Å²) >= 11 is 0. The van der Waals surface area contributed by atoms with Crippen LogP contribution in [0.5, 0.6) is 0 Å². The zero-order valence-corrected chi connectivity index (χ0v) is 9.95. The number of hydrogen-bond acceptors (Lipinski definition) is 3. The Balaban J connectivity index is 2.25. The van der Waals surface area contributed by atoms with Crippen molar-refractivity contribution in [3.63, 3.8) is 0 Å². The summed E-state index contributed by atoms with van der Waals surface area (Å²) in [5, 5.41) is 3.28. The number of rotatable bonds is 7. The Morgan fingerprint density at radius 1 is 1.50 bits per heavy atom. The topological polar surface area (TPSA) is 58.4 Å². The molecule has 1 atom stereocenters. The van der Waals surface area contributed by atoms with Gasteiger partial charge in [-0.3, -0.25) is 4.79 Å². The number of hydrogen-bond donors (Lipinski definition) is 2. The highest BCUT2D eigenvalue weighted by Gasteiger charge is 2.20. The Bertz CT molecular complexity index is 224. The van der Waals surface area contributed by atoms with Crippen LogP contribution in [0.4, 0.5) is 0 Å². The summed E-state index contributed by atoms with van der Waals surface area (Å²) in [5.41, 5.74) is 5.64. The minimum absolute atomic E-state index is 0.105. The first-order valence-corrected chi connectivity index (χ1v) is 6.10. The smallest absolute Gasteiger partial charge is 0.224 e. The Kier molecular flexibility index (Phi) is 6.11. The van der Waals surface area contributed by atoms with E-state index in [1.807, 2.05) is 11.0 Å². The third kappa shape index (κ3) is 4.33. The predicted molar refractivity (Wildman–Crippen MR) is 66.1 cm³/mol. The monoisotopic (exact) mass is 225 g/mol. The van der Waals surface area contributed by atoms with Gasteiger partial charge in [0.15, 0.2) is 0 Å². The Labute approximate surface area is 97.9 Å². The first-order chi connectivity index (χ1) is 7.77. The minimum Gasteiger partial charge on any atom is -0.343 e. The molecule has 16 heavy (non-hydrogen) atoms. The van der Waals surface area contributed by atoms with Gasteiger partial charge < -0.3 is 16.0 Å². The summed E-state index contributed by atoms with van der Waals surface area (Å²) in [6, 6.07) is 0.105. The zero-order chi connectivity index (χ0) is 11.8. The molecule has 0 aromatic rings. The van der Waals surface area contributed by atoms with E-state index in [2.05, 4.69) is 11.9 Å². The quantitative estimate of drug-likeness (QED) is 0.490. The van der Waals surface area contributed by atoms with Gasteiger partial charge in [-0.05, 0) is 25.8 Å². The summed E-state index contributed by atoms with van der Waals surface area (Å²) in [5.74, 6) is 0.235. The van der Waals surface area contributed by atoms with Crippen molar-refractivity contribution in [2.75, 3.05) is 26.2 Å². The molecule has 3 N–H and O–H groups in total. The number of carbonyl (C=O) groups excluding carboxylic acids is 1. The first-order valence-electron chi connectivity index (χ1n) is 6.10. The van der Waals surface area contributed by atoms with E-state index in [9.17, 15) is 4.79 Å². The van der Waals surface area contributed by atoms with Crippen LogP contribution in [-0.2, 0) is 4.79 Å². The van der Waals surface area contributed by atoms with Crippen LogP contribution < -0.4 is 11.1 Å². The standard InChI is InChI=1S/C12H23N3O/c1-2-3-6-14-11(10-13)9-12(16)15-7-4-5-8-15/h2,11,14H,1,3-10,13H2. The van der Waals surface area contributed by atoms with Crippen molar-refractivity contribution in [3.8, 4) is 0 Å². The molecular formula is C12H23N3O. The molecule has 1 fully saturated rings. The molecule has 0 radical (unpaired) electrons. The fourth-order valence-electron chi connectivity index (χ4n) is 1.93. The molecule has 0 aliphatic carbocycles. The molecule has 1 aliphatic rings. The van der Waals surface area contributed by atoms with Crippen LogP contribution in [0.15, 0.2) is 12.7 Å². The molecule has 1 amide bonds. The second-order valence-electron chi connectivity index (χ2n) is 4.26. The Morgan fingerprint density at radius 2 is 2.19 bits per heavy atom. The summed E-state index contributed by atoms with van der Waals surface area (Å²) < 4.78 is 0. The number of carbonyl (C=O) groups is 1. The van der Waals surface area contributed by atoms with E-state index in [4.69, 9.17) is 5.73 Å². The molecule has 1 saturated heterocycles. The van der Waals surface area contributed by atoms with Crippen molar-refractivity contribution in [3.05, 3.63) is 12.7 Å². The fraction of sp³-hybridized carbons (Fsp3) is 0.750. The summed E-state index contributed by atoms with van der Waals surface area (Å²) in [6.07, 6.45) is 5.58. The highest BCUT2D eigenvalue weighted by atomic mass is 16.2. The summed E-state index contributed by atoms with van der Waals surface area (Å²) in [4.78, 5) is 13.8. The highest BCUT2D eigenvalue weighted by molar-refractivity contribution is 5.77. The van der Waals surface area contributed by atoms with Crippen LogP contribution in [0.2, 0.25) is 0 Å². The second kappa shape index (κ2) is 7.41. The van der Waals surface area contributed by atoms with Gasteiger partial charge in [-0.1, -0.05) is 6.08 Å². The molecule has 1 aliphatic heterocycles. The number of nitrogens with two attached hydrogens (primary N) is 1. The van der Waals surface area contributed by atoms with Crippen LogP contribution in [0.1, 0.15) is 25.7 Å². The Hall–Kier alpha value is -0.870. The molecule has 1 unspecified atom stereocenters. The minimum atomic E-state index is 0.105. The van der Waals surface area contributed by atoms with Crippen LogP contribution >= 0.6 is 0 Å². The van der Waals surface area contributed by atoms with Gasteiger partial charge in [-0.2, -0.15) is 0 Å². The molecule has 1 heterocycles. The van der Waals surface area contributed by atoms with Gasteiger partial charge in [-0.15, -0.1) is 6.58 Å². The average Bonchev–Trinajstić information content (AvgIpc) is 2.81. The van der Waals surface area contributed by atoms with E-state index in [0.717, 1.165) is 38.9 Å². The van der Waals surface area contributed by atoms with Crippen molar-refractivity contribution in [2.24, 2.45) is 5.73 Å². The van der Waals surface area contributed by atoms with Crippen LogP contribution in [-0.4, -0.2) is 43.0 Å². The number of nitrogens with zero attached hydrogens (tertiary/aromatic N) is 1. The molecule has 0 bridgehead atoms. The van der Waals surface area contributed by atoms with Crippen LogP contribution in [0.3, 0.4) is 0 Å². The van der Waals surface area contributed by atoms with E-state index in [1.165, 1.54) is 0 Å². The van der Waals surface area contributed by atoms with Crippen molar-refractivity contribution >= 4 is 5.91 Å². The Morgan fingerprint density at radius 3 is 2.75 bits per heavy atom. The molecule has 0 spiro atoms. The molecule has 0 aromatic heterocycles. The van der Waals surface area contributed by atoms with E-state index < -0.39 is 0 Å². The van der Waals surface area contributed by atoms with Gasteiger partial charge in [0, 0.05) is 32.1 Å². The molecule has 1 rings (SSSR count). The van der Waals surface area contributed by atoms with Crippen molar-refractivity contribution in [1.29, 1.82) is 0 Å². The number of amides is 1. The normalized spacial score (nSPS) is 17.4. The molecule has 4 heteroatoms. The lowest BCUT2D eigenvalue weighted by Crippen LogP contribution is -2.41. The van der Waals surface area contributed by atoms with Gasteiger partial charge in [0.05, 0.1) is 0 Å². The van der Waals surface area contributed by atoms with Gasteiger partial charge in [-0.25, -0.2) is 0 Å². The molecule has 0 aromatic carbocycles. The molecule has 0 saturated carbocycles. The van der Waals surface area contributed by atoms with E-state index in [0.29, 0.717) is 13.0 Å². The number of likely N-dealkylation sites (tertiary alicyclic amines) is 1. The predicted octanol–water partition coefficient (Wildman–Crippen LogP) is 0.492. The van der Waals surface area contributed by atoms with Gasteiger partial charge in [0.2, 0.25) is 5.91 Å². The van der Waals surface area contributed by atoms with Crippen molar-refractivity contribution in [1.82, 2.24) is 10.2 Å². The maximum Gasteiger partial charge on any atom is 0.224 e. The third-order valence-corrected chi connectivity index (χ3v) is 2.95. The second-order valence-corrected chi connectivity index (χ2v) is 4.26. The number of nitrogens with one attached hydrogen (secondary N) is 1. The van der Waals surface area contributed by atoms with Gasteiger partial charge >= 0.3 is 0 Å². The van der Waals surface area contributed by atoms with Crippen LogP contribution in [0.25, 0.3) is 0 Å². The average molecular weight is 225 g/mol. The maximum absolute atomic E-state index is 11.9. The van der Waals surface area contributed by atoms with E-state index in [-0.39, 0.29) is 11.9 Å². The van der Waals surface area contributed by atoms with E-state index >= 15 is 0 Å². The van der Waals surface area contributed by atoms with Crippen molar-refractivity contribution in [2.45, 2.75) is 31.7 Å². The highest BCUT2D eigenvalue weighted by Crippen LogP contribution is 2.09. The third-order valence-electron chi connectivity index (χ3n) is 2.95. The maximum atomic E-state index is 11.9. The lowest BCUT2D eigenvalue weighted by atomic mass is 10.2. The van der Waals surface area contributed by atoms with Crippen LogP contribution in [0, 0.1) is 0 Å². The lowest BCUT2D eigenvalue weighted by Gasteiger charge is -2.20. The van der Waals surface area contributed by atoms with Gasteiger partial charge in [0.1, 0.15) is 0 Å². The zero-order valence-electron chi connectivity index (χ0n) is 9.95. The molecule has 4 nitrogen and oxygen atoms in total. The SMILES string of the molecule is C=CCCNC(CN)CC(=O)N1CCCC1. The fourth-order valence-corrected chi connectivity index (χ4v) is 1.93. The first kappa shape index (κ1) is 13.2. The van der Waals surface area contributed by atoms with Crippen molar-refractivity contribution < 1.29 is 4.79 Å². The summed E-state index contributed by atoms with van der Waals surface area (Å²) in [6.45, 7) is 6.86. The molecule has 92 valence electrons. The summed E-state index contributed by atoms with van der Waals surface area (Å²) in [7, 11) is 0. The van der Waals surface area contributed by atoms with E-state index in [1.54, 1.807) is 0 Å². The van der Waals surface area contributed by atoms with Gasteiger partial charge in [0.25, 0.3) is 0 Å². The largest absolute Gasteiger partial charge is 0.343 e. The molecular weight excluding hydrogens is 202 g/mol. The lowest BCUT2D eigenvalue weighted by molar-refractivity contribution is -0.130.